The number of ether oxygens (including phenoxy) is 1. The summed E-state index contributed by atoms with van der Waals surface area (Å²) >= 11 is 0. The highest BCUT2D eigenvalue weighted by molar-refractivity contribution is 6.39. The molecular formula is C13H15N3O3. The zero-order valence-corrected chi connectivity index (χ0v) is 10.6. The summed E-state index contributed by atoms with van der Waals surface area (Å²) in [6.07, 6.45) is 1.56. The number of hydrogen-bond acceptors (Lipinski definition) is 5. The van der Waals surface area contributed by atoms with Crippen LogP contribution in [0.1, 0.15) is 23.2 Å². The maximum Gasteiger partial charge on any atom is 0.337 e. The van der Waals surface area contributed by atoms with Crippen LogP contribution in [-0.2, 0) is 9.53 Å². The van der Waals surface area contributed by atoms with Gasteiger partial charge >= 0.3 is 5.97 Å². The van der Waals surface area contributed by atoms with Crippen LogP contribution in [0.15, 0.2) is 29.4 Å². The van der Waals surface area contributed by atoms with Gasteiger partial charge in [-0.15, -0.1) is 0 Å². The first-order valence-corrected chi connectivity index (χ1v) is 6.00. The zero-order chi connectivity index (χ0) is 13.7. The summed E-state index contributed by atoms with van der Waals surface area (Å²) in [7, 11) is 1.34. The second kappa shape index (κ2) is 5.99. The highest BCUT2D eigenvalue weighted by Gasteiger charge is 2.15. The van der Waals surface area contributed by atoms with Crippen molar-refractivity contribution in [2.75, 3.05) is 19.1 Å². The first kappa shape index (κ1) is 13.1. The monoisotopic (exact) mass is 261 g/mol. The molecule has 2 rings (SSSR count). The van der Waals surface area contributed by atoms with Gasteiger partial charge in [0.05, 0.1) is 18.4 Å². The zero-order valence-electron chi connectivity index (χ0n) is 10.6. The summed E-state index contributed by atoms with van der Waals surface area (Å²) in [4.78, 5) is 22.7. The standard InChI is InChI=1S/C13H15N3O3/c1-19-13(18)9-4-6-10(7-5-9)15-16-11-3-2-8-14-12(11)17/h4-7,15H,2-3,8H2,1H3,(H,14,17)/b16-11+. The van der Waals surface area contributed by atoms with Crippen molar-refractivity contribution in [2.24, 2.45) is 5.10 Å². The Labute approximate surface area is 110 Å². The van der Waals surface area contributed by atoms with Crippen molar-refractivity contribution in [3.63, 3.8) is 0 Å². The van der Waals surface area contributed by atoms with Gasteiger partial charge in [-0.3, -0.25) is 10.2 Å². The molecule has 1 aliphatic heterocycles. The first-order chi connectivity index (χ1) is 9.20. The minimum Gasteiger partial charge on any atom is -0.465 e. The third-order valence-corrected chi connectivity index (χ3v) is 2.76. The van der Waals surface area contributed by atoms with Crippen LogP contribution in [0.2, 0.25) is 0 Å². The normalized spacial score (nSPS) is 16.9. The third kappa shape index (κ3) is 3.31. The van der Waals surface area contributed by atoms with E-state index in [1.807, 2.05) is 0 Å². The fraction of sp³-hybridized carbons (Fsp3) is 0.308. The fourth-order valence-electron chi connectivity index (χ4n) is 1.71. The number of piperidine rings is 1. The number of nitrogens with zero attached hydrogens (tertiary/aromatic N) is 1. The molecule has 0 aliphatic carbocycles. The fourth-order valence-corrected chi connectivity index (χ4v) is 1.71. The molecule has 6 nitrogen and oxygen atoms in total. The maximum absolute atomic E-state index is 11.5. The Balaban J connectivity index is 2.01. The first-order valence-electron chi connectivity index (χ1n) is 6.00. The number of hydrogen-bond donors (Lipinski definition) is 2. The van der Waals surface area contributed by atoms with Gasteiger partial charge in [-0.2, -0.15) is 5.10 Å². The summed E-state index contributed by atoms with van der Waals surface area (Å²) in [6.45, 7) is 0.700. The average molecular weight is 261 g/mol. The van der Waals surface area contributed by atoms with E-state index in [0.717, 1.165) is 6.42 Å². The molecule has 19 heavy (non-hydrogen) atoms. The van der Waals surface area contributed by atoms with Crippen molar-refractivity contribution in [2.45, 2.75) is 12.8 Å². The SMILES string of the molecule is COC(=O)c1ccc(N/N=C2\CCCNC2=O)cc1. The molecule has 1 aromatic carbocycles. The van der Waals surface area contributed by atoms with E-state index in [1.54, 1.807) is 24.3 Å². The summed E-state index contributed by atoms with van der Waals surface area (Å²) in [6, 6.07) is 6.68. The Kier molecular flexibility index (Phi) is 4.12. The highest BCUT2D eigenvalue weighted by Crippen LogP contribution is 2.11. The highest BCUT2D eigenvalue weighted by atomic mass is 16.5. The number of esters is 1. The minimum absolute atomic E-state index is 0.134. The maximum atomic E-state index is 11.5. The molecule has 0 spiro atoms. The van der Waals surface area contributed by atoms with Crippen molar-refractivity contribution < 1.29 is 14.3 Å². The van der Waals surface area contributed by atoms with Crippen LogP contribution in [0, 0.1) is 0 Å². The van der Waals surface area contributed by atoms with E-state index in [-0.39, 0.29) is 11.9 Å². The summed E-state index contributed by atoms with van der Waals surface area (Å²) < 4.78 is 4.61. The number of amides is 1. The lowest BCUT2D eigenvalue weighted by Crippen LogP contribution is -2.37. The number of rotatable bonds is 3. The number of carbonyl (C=O) groups excluding carboxylic acids is 2. The minimum atomic E-state index is -0.385. The van der Waals surface area contributed by atoms with Gasteiger partial charge in [-0.05, 0) is 37.1 Å². The van der Waals surface area contributed by atoms with Gasteiger partial charge in [0.2, 0.25) is 0 Å². The van der Waals surface area contributed by atoms with Crippen molar-refractivity contribution >= 4 is 23.3 Å². The molecule has 0 unspecified atom stereocenters. The molecule has 0 aromatic heterocycles. The lowest BCUT2D eigenvalue weighted by molar-refractivity contribution is -0.115. The molecule has 0 atom stereocenters. The van der Waals surface area contributed by atoms with E-state index < -0.39 is 0 Å². The Morgan fingerprint density at radius 1 is 1.37 bits per heavy atom. The Hall–Kier alpha value is -2.37. The number of anilines is 1. The van der Waals surface area contributed by atoms with E-state index in [2.05, 4.69) is 20.6 Å². The van der Waals surface area contributed by atoms with Crippen molar-refractivity contribution in [3.05, 3.63) is 29.8 Å². The molecule has 1 fully saturated rings. The Morgan fingerprint density at radius 3 is 2.74 bits per heavy atom. The molecular weight excluding hydrogens is 246 g/mol. The van der Waals surface area contributed by atoms with Gasteiger partial charge in [0.1, 0.15) is 5.71 Å². The van der Waals surface area contributed by atoms with E-state index in [9.17, 15) is 9.59 Å². The summed E-state index contributed by atoms with van der Waals surface area (Å²) in [5, 5.41) is 6.80. The van der Waals surface area contributed by atoms with Crippen molar-refractivity contribution in [3.8, 4) is 0 Å². The van der Waals surface area contributed by atoms with Crippen LogP contribution in [0.4, 0.5) is 5.69 Å². The molecule has 1 heterocycles. The van der Waals surface area contributed by atoms with Crippen LogP contribution >= 0.6 is 0 Å². The number of benzene rings is 1. The van der Waals surface area contributed by atoms with Crippen LogP contribution in [0.25, 0.3) is 0 Å². The smallest absolute Gasteiger partial charge is 0.337 e. The lowest BCUT2D eigenvalue weighted by Gasteiger charge is -2.13. The van der Waals surface area contributed by atoms with Crippen LogP contribution in [-0.4, -0.2) is 31.2 Å². The molecule has 6 heteroatoms. The number of hydrazone groups is 1. The Bertz CT molecular complexity index is 508. The van der Waals surface area contributed by atoms with Gasteiger partial charge in [0, 0.05) is 6.54 Å². The summed E-state index contributed by atoms with van der Waals surface area (Å²) in [5.41, 5.74) is 4.47. The molecule has 1 aliphatic rings. The number of methoxy groups -OCH3 is 1. The summed E-state index contributed by atoms with van der Waals surface area (Å²) in [5.74, 6) is -0.519. The lowest BCUT2D eigenvalue weighted by atomic mass is 10.1. The second-order valence-corrected chi connectivity index (χ2v) is 4.10. The molecule has 0 saturated carbocycles. The van der Waals surface area contributed by atoms with Gasteiger partial charge in [-0.25, -0.2) is 4.79 Å². The Morgan fingerprint density at radius 2 is 2.11 bits per heavy atom. The quantitative estimate of drug-likeness (QED) is 0.632. The number of nitrogens with one attached hydrogen (secondary N) is 2. The predicted octanol–water partition coefficient (Wildman–Crippen LogP) is 1.15. The molecule has 0 radical (unpaired) electrons. The largest absolute Gasteiger partial charge is 0.465 e. The third-order valence-electron chi connectivity index (χ3n) is 2.76. The molecule has 2 N–H and O–H groups in total. The molecule has 1 saturated heterocycles. The molecule has 0 bridgehead atoms. The van der Waals surface area contributed by atoms with Gasteiger partial charge in [-0.1, -0.05) is 0 Å². The van der Waals surface area contributed by atoms with Crippen molar-refractivity contribution in [1.82, 2.24) is 5.32 Å². The van der Waals surface area contributed by atoms with E-state index in [4.69, 9.17) is 0 Å². The average Bonchev–Trinajstić information content (AvgIpc) is 2.46. The van der Waals surface area contributed by atoms with Crippen LogP contribution in [0.3, 0.4) is 0 Å². The van der Waals surface area contributed by atoms with Gasteiger partial charge < -0.3 is 10.1 Å². The molecule has 1 aromatic rings. The van der Waals surface area contributed by atoms with Crippen molar-refractivity contribution in [1.29, 1.82) is 0 Å². The molecule has 1 amide bonds. The van der Waals surface area contributed by atoms with Gasteiger partial charge in [0.25, 0.3) is 5.91 Å². The topological polar surface area (TPSA) is 79.8 Å². The van der Waals surface area contributed by atoms with E-state index >= 15 is 0 Å². The van der Waals surface area contributed by atoms with E-state index in [0.29, 0.717) is 29.9 Å². The van der Waals surface area contributed by atoms with Gasteiger partial charge in [0.15, 0.2) is 0 Å². The van der Waals surface area contributed by atoms with Crippen LogP contribution in [0.5, 0.6) is 0 Å². The van der Waals surface area contributed by atoms with Crippen LogP contribution < -0.4 is 10.7 Å². The predicted molar refractivity (Wildman–Crippen MR) is 71.1 cm³/mol. The number of carbonyl (C=O) groups is 2. The second-order valence-electron chi connectivity index (χ2n) is 4.10. The van der Waals surface area contributed by atoms with E-state index in [1.165, 1.54) is 7.11 Å². The molecule has 100 valence electrons.